The van der Waals surface area contributed by atoms with Crippen LogP contribution in [0.25, 0.3) is 0 Å². The molecule has 0 aliphatic heterocycles. The third-order valence-electron chi connectivity index (χ3n) is 6.62. The summed E-state index contributed by atoms with van der Waals surface area (Å²) in [6, 6.07) is 5.86. The Morgan fingerprint density at radius 2 is 1.97 bits per heavy atom. The van der Waals surface area contributed by atoms with Crippen molar-refractivity contribution in [2.24, 2.45) is 5.41 Å². The lowest BCUT2D eigenvalue weighted by Gasteiger charge is -2.57. The summed E-state index contributed by atoms with van der Waals surface area (Å²) in [6.07, 6.45) is 7.38. The Bertz CT molecular complexity index is 687. The summed E-state index contributed by atoms with van der Waals surface area (Å²) in [5.74, 6) is 1.31. The van der Waals surface area contributed by atoms with E-state index in [2.05, 4.69) is 24.1 Å². The van der Waals surface area contributed by atoms with Gasteiger partial charge in [0.15, 0.2) is 0 Å². The Labute approximate surface area is 174 Å². The topological polar surface area (TPSA) is 60.0 Å². The van der Waals surface area contributed by atoms with Crippen LogP contribution >= 0.6 is 0 Å². The number of rotatable bonds is 10. The molecule has 2 aliphatic rings. The highest BCUT2D eigenvalue weighted by atomic mass is 16.5. The number of benzene rings is 1. The molecule has 6 heteroatoms. The van der Waals surface area contributed by atoms with Gasteiger partial charge in [-0.15, -0.1) is 0 Å². The zero-order chi connectivity index (χ0) is 20.9. The first-order valence-electron chi connectivity index (χ1n) is 11.0. The van der Waals surface area contributed by atoms with Crippen molar-refractivity contribution in [1.29, 1.82) is 0 Å². The van der Waals surface area contributed by atoms with E-state index in [-0.39, 0.29) is 11.3 Å². The minimum atomic E-state index is -0.0157. The van der Waals surface area contributed by atoms with Crippen LogP contribution in [0.3, 0.4) is 0 Å². The molecule has 2 atom stereocenters. The molecule has 0 heterocycles. The number of methoxy groups -OCH3 is 2. The van der Waals surface area contributed by atoms with Crippen LogP contribution in [-0.2, 0) is 9.53 Å². The monoisotopic (exact) mass is 404 g/mol. The molecule has 1 aromatic carbocycles. The molecule has 1 amide bonds. The first-order chi connectivity index (χ1) is 14.1. The van der Waals surface area contributed by atoms with Crippen molar-refractivity contribution in [2.75, 3.05) is 39.2 Å². The van der Waals surface area contributed by atoms with Crippen molar-refractivity contribution >= 4 is 11.6 Å². The van der Waals surface area contributed by atoms with E-state index in [4.69, 9.17) is 14.2 Å². The van der Waals surface area contributed by atoms with Crippen LogP contribution in [0, 0.1) is 5.41 Å². The van der Waals surface area contributed by atoms with Crippen LogP contribution in [0.4, 0.5) is 5.69 Å². The molecule has 0 aromatic heterocycles. The molecular weight excluding hydrogens is 368 g/mol. The molecular formula is C23H36N2O4. The fraction of sp³-hybridized carbons (Fsp3) is 0.696. The lowest BCUT2D eigenvalue weighted by molar-refractivity contribution is -0.166. The highest BCUT2D eigenvalue weighted by Gasteiger charge is 2.58. The van der Waals surface area contributed by atoms with Gasteiger partial charge in [-0.3, -0.25) is 9.69 Å². The van der Waals surface area contributed by atoms with E-state index in [9.17, 15) is 4.79 Å². The van der Waals surface area contributed by atoms with E-state index >= 15 is 0 Å². The van der Waals surface area contributed by atoms with Gasteiger partial charge in [-0.2, -0.15) is 0 Å². The van der Waals surface area contributed by atoms with Gasteiger partial charge in [-0.25, -0.2) is 0 Å². The van der Waals surface area contributed by atoms with Gasteiger partial charge in [0.25, 0.3) is 0 Å². The summed E-state index contributed by atoms with van der Waals surface area (Å²) in [5.41, 5.74) is 0.878. The summed E-state index contributed by atoms with van der Waals surface area (Å²) in [7, 11) is 3.22. The first-order valence-corrected chi connectivity index (χ1v) is 11.0. The summed E-state index contributed by atoms with van der Waals surface area (Å²) in [5, 5.41) is 3.03. The first kappa shape index (κ1) is 21.9. The molecule has 6 nitrogen and oxygen atoms in total. The van der Waals surface area contributed by atoms with Crippen LogP contribution in [-0.4, -0.2) is 56.9 Å². The van der Waals surface area contributed by atoms with Crippen molar-refractivity contribution in [3.05, 3.63) is 18.2 Å². The number of hydrogen-bond acceptors (Lipinski definition) is 5. The number of carbonyl (C=O) groups is 1. The molecule has 0 radical (unpaired) electrons. The number of carbonyl (C=O) groups excluding carboxylic acids is 1. The van der Waals surface area contributed by atoms with Gasteiger partial charge in [-0.1, -0.05) is 19.8 Å². The Morgan fingerprint density at radius 1 is 1.21 bits per heavy atom. The molecule has 2 fully saturated rings. The predicted molar refractivity (Wildman–Crippen MR) is 115 cm³/mol. The van der Waals surface area contributed by atoms with Gasteiger partial charge in [0, 0.05) is 24.1 Å². The van der Waals surface area contributed by atoms with Crippen molar-refractivity contribution in [3.63, 3.8) is 0 Å². The largest absolute Gasteiger partial charge is 0.497 e. The smallest absolute Gasteiger partial charge is 0.238 e. The van der Waals surface area contributed by atoms with Gasteiger partial charge < -0.3 is 19.5 Å². The normalized spacial score (nSPS) is 22.5. The Morgan fingerprint density at radius 3 is 2.59 bits per heavy atom. The van der Waals surface area contributed by atoms with E-state index < -0.39 is 0 Å². The van der Waals surface area contributed by atoms with Crippen molar-refractivity contribution in [1.82, 2.24) is 4.90 Å². The highest BCUT2D eigenvalue weighted by Crippen LogP contribution is 2.56. The molecule has 162 valence electrons. The van der Waals surface area contributed by atoms with E-state index in [0.717, 1.165) is 26.0 Å². The number of amides is 1. The lowest BCUT2D eigenvalue weighted by Crippen LogP contribution is -2.64. The number of anilines is 1. The average Bonchev–Trinajstić information content (AvgIpc) is 3.23. The third-order valence-corrected chi connectivity index (χ3v) is 6.62. The minimum Gasteiger partial charge on any atom is -0.497 e. The minimum absolute atomic E-state index is 0.0157. The molecule has 2 aliphatic carbocycles. The zero-order valence-corrected chi connectivity index (χ0v) is 18.3. The van der Waals surface area contributed by atoms with E-state index in [1.165, 1.54) is 25.7 Å². The molecule has 0 saturated heterocycles. The average molecular weight is 405 g/mol. The van der Waals surface area contributed by atoms with Gasteiger partial charge in [0.2, 0.25) is 5.91 Å². The maximum atomic E-state index is 12.9. The van der Waals surface area contributed by atoms with Crippen molar-refractivity contribution in [2.45, 2.75) is 64.5 Å². The standard InChI is InChI=1S/C23H36N2O4/c1-5-13-25(20-15-21(29-6-2)23(20)11-7-8-12-23)16-22(26)24-18-14-17(27-3)9-10-19(18)28-4/h9-10,14,20-21H,5-8,11-13,15-16H2,1-4H3,(H,24,26). The van der Waals surface area contributed by atoms with Gasteiger partial charge in [0.1, 0.15) is 11.5 Å². The van der Waals surface area contributed by atoms with Gasteiger partial charge >= 0.3 is 0 Å². The molecule has 0 bridgehead atoms. The Kier molecular flexibility index (Phi) is 7.41. The van der Waals surface area contributed by atoms with Crippen LogP contribution in [0.5, 0.6) is 11.5 Å². The number of hydrogen-bond donors (Lipinski definition) is 1. The molecule has 1 aromatic rings. The lowest BCUT2D eigenvalue weighted by atomic mass is 9.60. The predicted octanol–water partition coefficient (Wildman–Crippen LogP) is 4.09. The van der Waals surface area contributed by atoms with Crippen molar-refractivity contribution in [3.8, 4) is 11.5 Å². The molecule has 1 spiro atoms. The highest BCUT2D eigenvalue weighted by molar-refractivity contribution is 5.94. The number of nitrogens with one attached hydrogen (secondary N) is 1. The van der Waals surface area contributed by atoms with Gasteiger partial charge in [-0.05, 0) is 51.3 Å². The van der Waals surface area contributed by atoms with Gasteiger partial charge in [0.05, 0.1) is 32.6 Å². The van der Waals surface area contributed by atoms with Crippen LogP contribution in [0.1, 0.15) is 52.4 Å². The van der Waals surface area contributed by atoms with Crippen LogP contribution < -0.4 is 14.8 Å². The maximum absolute atomic E-state index is 12.9. The zero-order valence-electron chi connectivity index (χ0n) is 18.3. The van der Waals surface area contributed by atoms with Crippen LogP contribution in [0.2, 0.25) is 0 Å². The van der Waals surface area contributed by atoms with E-state index in [1.54, 1.807) is 20.3 Å². The molecule has 2 saturated carbocycles. The van der Waals surface area contributed by atoms with E-state index in [0.29, 0.717) is 35.9 Å². The SMILES string of the molecule is CCCN(CC(=O)Nc1cc(OC)ccc1OC)C1CC(OCC)C12CCCC2. The fourth-order valence-corrected chi connectivity index (χ4v) is 5.28. The molecule has 29 heavy (non-hydrogen) atoms. The molecule has 3 rings (SSSR count). The number of nitrogens with zero attached hydrogens (tertiary/aromatic N) is 1. The van der Waals surface area contributed by atoms with Crippen LogP contribution in [0.15, 0.2) is 18.2 Å². The maximum Gasteiger partial charge on any atom is 0.238 e. The molecule has 2 unspecified atom stereocenters. The summed E-state index contributed by atoms with van der Waals surface area (Å²) >= 11 is 0. The third kappa shape index (κ3) is 4.53. The second-order valence-corrected chi connectivity index (χ2v) is 8.22. The van der Waals surface area contributed by atoms with E-state index in [1.807, 2.05) is 12.1 Å². The summed E-state index contributed by atoms with van der Waals surface area (Å²) < 4.78 is 16.8. The summed E-state index contributed by atoms with van der Waals surface area (Å²) in [6.45, 7) is 6.33. The Balaban J connectivity index is 1.70. The quantitative estimate of drug-likeness (QED) is 0.636. The second-order valence-electron chi connectivity index (χ2n) is 8.22. The molecule has 1 N–H and O–H groups in total. The fourth-order valence-electron chi connectivity index (χ4n) is 5.28. The van der Waals surface area contributed by atoms with Crippen molar-refractivity contribution < 1.29 is 19.0 Å². The second kappa shape index (κ2) is 9.81. The number of ether oxygens (including phenoxy) is 3. The summed E-state index contributed by atoms with van der Waals surface area (Å²) in [4.78, 5) is 15.3. The Hall–Kier alpha value is -1.79.